The molecule has 5 nitrogen and oxygen atoms in total. The Hall–Kier alpha value is -2.66. The van der Waals surface area contributed by atoms with E-state index in [9.17, 15) is 0 Å². The molecule has 6 heteroatoms. The molecule has 0 atom stereocenters. The van der Waals surface area contributed by atoms with Crippen molar-refractivity contribution in [2.45, 2.75) is 0 Å². The summed E-state index contributed by atoms with van der Waals surface area (Å²) in [4.78, 5) is 8.56. The topological polar surface area (TPSA) is 98.0 Å². The number of hydrogen-bond acceptors (Lipinski definition) is 3. The lowest BCUT2D eigenvalue weighted by molar-refractivity contribution is 0.137. The van der Waals surface area contributed by atoms with Crippen LogP contribution in [0.1, 0.15) is 0 Å². The largest absolute Gasteiger partial charge is 0.508 e. The SMILES string of the molecule is C=CCl.O=C(O)O.Oc1ccccc1.Oc1ccccc1. The number of benzene rings is 2. The summed E-state index contributed by atoms with van der Waals surface area (Å²) in [7, 11) is 0. The van der Waals surface area contributed by atoms with Crippen molar-refractivity contribution >= 4 is 17.8 Å². The average molecular weight is 313 g/mol. The van der Waals surface area contributed by atoms with Crippen LogP contribution in [-0.2, 0) is 0 Å². The van der Waals surface area contributed by atoms with E-state index >= 15 is 0 Å². The van der Waals surface area contributed by atoms with E-state index in [1.807, 2.05) is 12.1 Å². The van der Waals surface area contributed by atoms with Crippen molar-refractivity contribution in [2.24, 2.45) is 0 Å². The van der Waals surface area contributed by atoms with Crippen LogP contribution in [0.15, 0.2) is 72.8 Å². The molecule has 21 heavy (non-hydrogen) atoms. The second kappa shape index (κ2) is 15.4. The summed E-state index contributed by atoms with van der Waals surface area (Å²) in [5, 5.41) is 31.2. The number of para-hydroxylation sites is 2. The minimum Gasteiger partial charge on any atom is -0.508 e. The van der Waals surface area contributed by atoms with Gasteiger partial charge in [-0.15, -0.1) is 0 Å². The first-order chi connectivity index (χ1) is 9.93. The zero-order chi connectivity index (χ0) is 16.5. The van der Waals surface area contributed by atoms with Crippen LogP contribution in [0.3, 0.4) is 0 Å². The maximum atomic E-state index is 8.63. The van der Waals surface area contributed by atoms with Crippen LogP contribution in [0, 0.1) is 0 Å². The highest BCUT2D eigenvalue weighted by Crippen LogP contribution is 2.03. The number of carboxylic acid groups (broad SMARTS) is 2. The van der Waals surface area contributed by atoms with E-state index in [0.717, 1.165) is 0 Å². The van der Waals surface area contributed by atoms with Gasteiger partial charge in [-0.2, -0.15) is 0 Å². The quantitative estimate of drug-likeness (QED) is 0.579. The Morgan fingerprint density at radius 3 is 1.14 bits per heavy atom. The zero-order valence-electron chi connectivity index (χ0n) is 11.1. The molecule has 0 aromatic heterocycles. The molecule has 2 aromatic carbocycles. The Bertz CT molecular complexity index is 432. The van der Waals surface area contributed by atoms with Crippen LogP contribution < -0.4 is 0 Å². The molecule has 4 N–H and O–H groups in total. The smallest absolute Gasteiger partial charge is 0.503 e. The zero-order valence-corrected chi connectivity index (χ0v) is 11.9. The van der Waals surface area contributed by atoms with E-state index < -0.39 is 6.16 Å². The first-order valence-electron chi connectivity index (χ1n) is 5.55. The number of phenols is 2. The molecule has 114 valence electrons. The number of carbonyl (C=O) groups is 1. The van der Waals surface area contributed by atoms with E-state index in [4.69, 9.17) is 36.8 Å². The van der Waals surface area contributed by atoms with Crippen molar-refractivity contribution < 1.29 is 25.2 Å². The lowest BCUT2D eigenvalue weighted by Crippen LogP contribution is -1.81. The van der Waals surface area contributed by atoms with Gasteiger partial charge in [0.15, 0.2) is 0 Å². The van der Waals surface area contributed by atoms with Gasteiger partial charge in [-0.3, -0.25) is 0 Å². The van der Waals surface area contributed by atoms with Crippen LogP contribution in [-0.4, -0.2) is 26.6 Å². The second-order valence-electron chi connectivity index (χ2n) is 3.11. The Morgan fingerprint density at radius 2 is 1.05 bits per heavy atom. The third kappa shape index (κ3) is 22.9. The van der Waals surface area contributed by atoms with E-state index in [0.29, 0.717) is 11.5 Å². The molecule has 0 amide bonds. The third-order valence-corrected chi connectivity index (χ3v) is 1.51. The second-order valence-corrected chi connectivity index (χ2v) is 3.42. The summed E-state index contributed by atoms with van der Waals surface area (Å²) in [6.45, 7) is 3.13. The lowest BCUT2D eigenvalue weighted by Gasteiger charge is -1.82. The van der Waals surface area contributed by atoms with Crippen LogP contribution in [0.5, 0.6) is 11.5 Å². The molecule has 0 radical (unpaired) electrons. The highest BCUT2D eigenvalue weighted by atomic mass is 35.5. The maximum Gasteiger partial charge on any atom is 0.503 e. The number of rotatable bonds is 0. The Kier molecular flexibility index (Phi) is 15.1. The Labute approximate surface area is 128 Å². The summed E-state index contributed by atoms with van der Waals surface area (Å²) in [6, 6.07) is 17.4. The average Bonchev–Trinajstić information content (AvgIpc) is 2.41. The van der Waals surface area contributed by atoms with Crippen LogP contribution in [0.2, 0.25) is 0 Å². The minimum absolute atomic E-state index is 0.322. The first kappa shape index (κ1) is 20.7. The monoisotopic (exact) mass is 312 g/mol. The van der Waals surface area contributed by atoms with Crippen LogP contribution in [0.4, 0.5) is 4.79 Å². The molecule has 0 spiro atoms. The van der Waals surface area contributed by atoms with Crippen molar-refractivity contribution in [2.75, 3.05) is 0 Å². The van der Waals surface area contributed by atoms with Crippen molar-refractivity contribution in [1.82, 2.24) is 0 Å². The van der Waals surface area contributed by atoms with E-state index in [2.05, 4.69) is 6.58 Å². The van der Waals surface area contributed by atoms with Gasteiger partial charge in [0, 0.05) is 0 Å². The molecule has 0 unspecified atom stereocenters. The number of phenolic OH excluding ortho intramolecular Hbond substituents is 2. The normalized spacial score (nSPS) is 7.48. The fourth-order valence-corrected chi connectivity index (χ4v) is 0.856. The van der Waals surface area contributed by atoms with E-state index in [1.165, 1.54) is 5.54 Å². The predicted molar refractivity (Wildman–Crippen MR) is 82.9 cm³/mol. The molecular weight excluding hydrogens is 296 g/mol. The van der Waals surface area contributed by atoms with E-state index in [1.54, 1.807) is 48.5 Å². The molecule has 0 saturated carbocycles. The van der Waals surface area contributed by atoms with Crippen molar-refractivity contribution in [3.05, 3.63) is 72.8 Å². The minimum atomic E-state index is -1.83. The Balaban J connectivity index is 0. The molecule has 0 aliphatic heterocycles. The molecule has 0 aliphatic rings. The predicted octanol–water partition coefficient (Wildman–Crippen LogP) is 4.38. The molecule has 0 aliphatic carbocycles. The molecule has 2 rings (SSSR count). The molecule has 0 bridgehead atoms. The number of halogens is 1. The summed E-state index contributed by atoms with van der Waals surface area (Å²) < 4.78 is 0. The molecule has 0 saturated heterocycles. The van der Waals surface area contributed by atoms with Gasteiger partial charge in [-0.25, -0.2) is 4.79 Å². The van der Waals surface area contributed by atoms with Crippen molar-refractivity contribution in [3.63, 3.8) is 0 Å². The van der Waals surface area contributed by atoms with Gasteiger partial charge in [0.25, 0.3) is 0 Å². The number of hydrogen-bond donors (Lipinski definition) is 4. The summed E-state index contributed by atoms with van der Waals surface area (Å²) >= 11 is 4.76. The molecule has 0 fully saturated rings. The molecular formula is C15H17ClO5. The molecule has 0 heterocycles. The Morgan fingerprint density at radius 1 is 0.857 bits per heavy atom. The first-order valence-corrected chi connectivity index (χ1v) is 5.98. The van der Waals surface area contributed by atoms with Gasteiger partial charge in [0.2, 0.25) is 0 Å². The van der Waals surface area contributed by atoms with Crippen molar-refractivity contribution in [3.8, 4) is 11.5 Å². The fraction of sp³-hybridized carbons (Fsp3) is 0. The van der Waals surface area contributed by atoms with Gasteiger partial charge in [0.1, 0.15) is 11.5 Å². The van der Waals surface area contributed by atoms with E-state index in [-0.39, 0.29) is 0 Å². The standard InChI is InChI=1S/2C6H6O.C2H3Cl.CH2O3/c2*7-6-4-2-1-3-5-6;1-2-3;2-1(3)4/h2*1-5,7H;2H,1H2;(H2,2,3,4). The van der Waals surface area contributed by atoms with Crippen LogP contribution in [0.25, 0.3) is 0 Å². The summed E-state index contributed by atoms with van der Waals surface area (Å²) in [6.07, 6.45) is -1.83. The third-order valence-electron chi connectivity index (χ3n) is 1.51. The molecule has 2 aromatic rings. The van der Waals surface area contributed by atoms with Crippen LogP contribution >= 0.6 is 11.6 Å². The van der Waals surface area contributed by atoms with Gasteiger partial charge < -0.3 is 20.4 Å². The summed E-state index contributed by atoms with van der Waals surface area (Å²) in [5.74, 6) is 0.644. The maximum absolute atomic E-state index is 8.63. The number of aromatic hydroxyl groups is 2. The van der Waals surface area contributed by atoms with Crippen molar-refractivity contribution in [1.29, 1.82) is 0 Å². The summed E-state index contributed by atoms with van der Waals surface area (Å²) in [5.41, 5.74) is 1.22. The highest BCUT2D eigenvalue weighted by Gasteiger charge is 1.75. The fourth-order valence-electron chi connectivity index (χ4n) is 0.856. The van der Waals surface area contributed by atoms with Gasteiger partial charge >= 0.3 is 6.16 Å². The van der Waals surface area contributed by atoms with Gasteiger partial charge in [0.05, 0.1) is 0 Å². The van der Waals surface area contributed by atoms with Gasteiger partial charge in [-0.05, 0) is 29.8 Å². The highest BCUT2D eigenvalue weighted by molar-refractivity contribution is 6.25. The van der Waals surface area contributed by atoms with Gasteiger partial charge in [-0.1, -0.05) is 54.6 Å². The lowest BCUT2D eigenvalue weighted by atomic mass is 10.3.